The highest BCUT2D eigenvalue weighted by Crippen LogP contribution is 2.24. The molecular formula is C17H25NO. The molecule has 0 aliphatic carbocycles. The minimum Gasteiger partial charge on any atom is -0.336 e. The average molecular weight is 259 g/mol. The molecule has 1 saturated heterocycles. The molecule has 0 saturated carbocycles. The molecule has 1 aromatic carbocycles. The van der Waals surface area contributed by atoms with E-state index >= 15 is 0 Å². The molecule has 1 fully saturated rings. The Kier molecular flexibility index (Phi) is 3.98. The summed E-state index contributed by atoms with van der Waals surface area (Å²) in [7, 11) is 0. The molecule has 1 unspecified atom stereocenters. The average Bonchev–Trinajstić information content (AvgIpc) is 2.38. The number of hydrogen-bond donors (Lipinski definition) is 0. The molecule has 2 heteroatoms. The van der Waals surface area contributed by atoms with Gasteiger partial charge in [-0.25, -0.2) is 0 Å². The van der Waals surface area contributed by atoms with E-state index < -0.39 is 0 Å². The van der Waals surface area contributed by atoms with E-state index in [-0.39, 0.29) is 11.3 Å². The normalized spacial score (nSPS) is 20.4. The topological polar surface area (TPSA) is 20.3 Å². The molecule has 2 rings (SSSR count). The first-order valence-corrected chi connectivity index (χ1v) is 7.31. The summed E-state index contributed by atoms with van der Waals surface area (Å²) in [4.78, 5) is 14.5. The molecule has 1 heterocycles. The van der Waals surface area contributed by atoms with Gasteiger partial charge in [-0.15, -0.1) is 0 Å². The first-order valence-electron chi connectivity index (χ1n) is 7.31. The summed E-state index contributed by atoms with van der Waals surface area (Å²) in [6.07, 6.45) is 3.51. The number of carbonyl (C=O) groups excluding carboxylic acids is 1. The molecule has 0 aromatic heterocycles. The van der Waals surface area contributed by atoms with E-state index in [0.717, 1.165) is 24.9 Å². The molecule has 19 heavy (non-hydrogen) atoms. The van der Waals surface area contributed by atoms with Crippen molar-refractivity contribution in [3.63, 3.8) is 0 Å². The van der Waals surface area contributed by atoms with Gasteiger partial charge in [0.15, 0.2) is 0 Å². The molecule has 1 aliphatic heterocycles. The zero-order valence-corrected chi connectivity index (χ0v) is 12.6. The second-order valence-corrected chi connectivity index (χ2v) is 6.67. The second-order valence-electron chi connectivity index (χ2n) is 6.67. The molecule has 0 bridgehead atoms. The van der Waals surface area contributed by atoms with Gasteiger partial charge in [0.05, 0.1) is 0 Å². The lowest BCUT2D eigenvalue weighted by Gasteiger charge is -2.33. The van der Waals surface area contributed by atoms with Crippen LogP contribution < -0.4 is 0 Å². The minimum absolute atomic E-state index is 0.139. The van der Waals surface area contributed by atoms with Gasteiger partial charge in [-0.3, -0.25) is 4.79 Å². The predicted molar refractivity (Wildman–Crippen MR) is 79.5 cm³/mol. The van der Waals surface area contributed by atoms with Crippen LogP contribution in [0.4, 0.5) is 0 Å². The van der Waals surface area contributed by atoms with Gasteiger partial charge >= 0.3 is 0 Å². The van der Waals surface area contributed by atoms with E-state index in [2.05, 4.69) is 39.8 Å². The van der Waals surface area contributed by atoms with Gasteiger partial charge < -0.3 is 4.90 Å². The van der Waals surface area contributed by atoms with Crippen LogP contribution in [0.3, 0.4) is 0 Å². The highest BCUT2D eigenvalue weighted by molar-refractivity contribution is 5.94. The van der Waals surface area contributed by atoms with Gasteiger partial charge in [0.1, 0.15) is 0 Å². The molecule has 0 N–H and O–H groups in total. The fraction of sp³-hybridized carbons (Fsp3) is 0.588. The quantitative estimate of drug-likeness (QED) is 0.746. The summed E-state index contributed by atoms with van der Waals surface area (Å²) in [5, 5.41) is 0. The third-order valence-corrected chi connectivity index (χ3v) is 4.06. The number of piperidine rings is 1. The van der Waals surface area contributed by atoms with Crippen LogP contribution in [0.15, 0.2) is 24.3 Å². The van der Waals surface area contributed by atoms with Crippen LogP contribution in [-0.2, 0) is 5.41 Å². The number of nitrogens with zero attached hydrogens (tertiary/aromatic N) is 1. The number of hydrogen-bond acceptors (Lipinski definition) is 1. The SMILES string of the molecule is CC1CCCCN1C(=O)c1ccc(C(C)(C)C)cc1. The Morgan fingerprint density at radius 2 is 1.79 bits per heavy atom. The van der Waals surface area contributed by atoms with Crippen LogP contribution >= 0.6 is 0 Å². The third kappa shape index (κ3) is 3.17. The summed E-state index contributed by atoms with van der Waals surface area (Å²) >= 11 is 0. The van der Waals surface area contributed by atoms with E-state index in [9.17, 15) is 4.79 Å². The third-order valence-electron chi connectivity index (χ3n) is 4.06. The summed E-state index contributed by atoms with van der Waals surface area (Å²) in [5.74, 6) is 0.188. The molecule has 0 radical (unpaired) electrons. The van der Waals surface area contributed by atoms with Crippen molar-refractivity contribution in [3.8, 4) is 0 Å². The van der Waals surface area contributed by atoms with Gasteiger partial charge in [-0.2, -0.15) is 0 Å². The van der Waals surface area contributed by atoms with Crippen LogP contribution in [-0.4, -0.2) is 23.4 Å². The van der Waals surface area contributed by atoms with Crippen molar-refractivity contribution in [2.45, 2.75) is 58.4 Å². The Hall–Kier alpha value is -1.31. The van der Waals surface area contributed by atoms with Gasteiger partial charge in [0.25, 0.3) is 5.91 Å². The van der Waals surface area contributed by atoms with E-state index in [1.165, 1.54) is 12.0 Å². The van der Waals surface area contributed by atoms with Crippen molar-refractivity contribution in [3.05, 3.63) is 35.4 Å². The maximum absolute atomic E-state index is 12.5. The molecule has 2 nitrogen and oxygen atoms in total. The van der Waals surface area contributed by atoms with Crippen molar-refractivity contribution >= 4 is 5.91 Å². The molecule has 1 atom stereocenters. The molecule has 1 aromatic rings. The fourth-order valence-corrected chi connectivity index (χ4v) is 2.68. The number of benzene rings is 1. The number of carbonyl (C=O) groups is 1. The van der Waals surface area contributed by atoms with Crippen LogP contribution in [0.2, 0.25) is 0 Å². The summed E-state index contributed by atoms with van der Waals surface area (Å²) in [5.41, 5.74) is 2.23. The number of amides is 1. The highest BCUT2D eigenvalue weighted by atomic mass is 16.2. The first kappa shape index (κ1) is 14.1. The van der Waals surface area contributed by atoms with E-state index in [1.807, 2.05) is 17.0 Å². The Bertz CT molecular complexity index is 441. The van der Waals surface area contributed by atoms with Crippen molar-refractivity contribution in [1.29, 1.82) is 0 Å². The van der Waals surface area contributed by atoms with Crippen molar-refractivity contribution in [1.82, 2.24) is 4.90 Å². The molecule has 1 aliphatic rings. The lowest BCUT2D eigenvalue weighted by Crippen LogP contribution is -2.42. The zero-order chi connectivity index (χ0) is 14.0. The molecule has 104 valence electrons. The van der Waals surface area contributed by atoms with Gasteiger partial charge in [0.2, 0.25) is 0 Å². The van der Waals surface area contributed by atoms with E-state index in [4.69, 9.17) is 0 Å². The van der Waals surface area contributed by atoms with Gasteiger partial charge in [-0.05, 0) is 49.3 Å². The summed E-state index contributed by atoms with van der Waals surface area (Å²) in [6.45, 7) is 9.63. The van der Waals surface area contributed by atoms with E-state index in [1.54, 1.807) is 0 Å². The second kappa shape index (κ2) is 5.36. The largest absolute Gasteiger partial charge is 0.336 e. The molecular weight excluding hydrogens is 234 g/mol. The van der Waals surface area contributed by atoms with Crippen LogP contribution in [0, 0.1) is 0 Å². The molecule has 0 spiro atoms. The van der Waals surface area contributed by atoms with Crippen molar-refractivity contribution < 1.29 is 4.79 Å². The monoisotopic (exact) mass is 259 g/mol. The van der Waals surface area contributed by atoms with Crippen LogP contribution in [0.25, 0.3) is 0 Å². The van der Waals surface area contributed by atoms with Gasteiger partial charge in [0, 0.05) is 18.2 Å². The minimum atomic E-state index is 0.139. The maximum Gasteiger partial charge on any atom is 0.254 e. The lowest BCUT2D eigenvalue weighted by molar-refractivity contribution is 0.0635. The standard InChI is InChI=1S/C17H25NO/c1-13-7-5-6-12-18(13)16(19)14-8-10-15(11-9-14)17(2,3)4/h8-11,13H,5-7,12H2,1-4H3. The Labute approximate surface area is 116 Å². The summed E-state index contributed by atoms with van der Waals surface area (Å²) in [6, 6.07) is 8.50. The van der Waals surface area contributed by atoms with Gasteiger partial charge in [-0.1, -0.05) is 32.9 Å². The smallest absolute Gasteiger partial charge is 0.254 e. The predicted octanol–water partition coefficient (Wildman–Crippen LogP) is 4.00. The summed E-state index contributed by atoms with van der Waals surface area (Å²) < 4.78 is 0. The van der Waals surface area contributed by atoms with Crippen LogP contribution in [0.1, 0.15) is 62.9 Å². The number of likely N-dealkylation sites (tertiary alicyclic amines) is 1. The zero-order valence-electron chi connectivity index (χ0n) is 12.6. The Morgan fingerprint density at radius 3 is 2.32 bits per heavy atom. The Balaban J connectivity index is 2.15. The first-order chi connectivity index (χ1) is 8.89. The lowest BCUT2D eigenvalue weighted by atomic mass is 9.86. The molecule has 1 amide bonds. The van der Waals surface area contributed by atoms with Crippen LogP contribution in [0.5, 0.6) is 0 Å². The van der Waals surface area contributed by atoms with E-state index in [0.29, 0.717) is 6.04 Å². The van der Waals surface area contributed by atoms with Crippen molar-refractivity contribution in [2.24, 2.45) is 0 Å². The fourth-order valence-electron chi connectivity index (χ4n) is 2.68. The maximum atomic E-state index is 12.5. The highest BCUT2D eigenvalue weighted by Gasteiger charge is 2.24. The number of rotatable bonds is 1. The Morgan fingerprint density at radius 1 is 1.16 bits per heavy atom. The van der Waals surface area contributed by atoms with Crippen molar-refractivity contribution in [2.75, 3.05) is 6.54 Å².